The maximum Gasteiger partial charge on any atom is 0.417 e. The quantitative estimate of drug-likeness (QED) is 0.404. The van der Waals surface area contributed by atoms with Crippen LogP contribution < -0.4 is 10.6 Å². The summed E-state index contributed by atoms with van der Waals surface area (Å²) in [6, 6.07) is 0. The number of nitrogens with zero attached hydrogens (tertiary/aromatic N) is 1. The number of hydrogen-bond acceptors (Lipinski definition) is 6. The van der Waals surface area contributed by atoms with E-state index < -0.39 is 35.3 Å². The summed E-state index contributed by atoms with van der Waals surface area (Å²) >= 11 is 0. The van der Waals surface area contributed by atoms with E-state index in [-0.39, 0.29) is 13.1 Å². The monoisotopic (exact) mass is 356 g/mol. The van der Waals surface area contributed by atoms with Crippen LogP contribution in [0.1, 0.15) is 41.5 Å². The van der Waals surface area contributed by atoms with Gasteiger partial charge in [0.15, 0.2) is 0 Å². The van der Waals surface area contributed by atoms with Crippen LogP contribution in [0, 0.1) is 5.41 Å². The van der Waals surface area contributed by atoms with E-state index in [4.69, 9.17) is 14.9 Å². The minimum absolute atomic E-state index is 0.0441. The molecule has 9 nitrogen and oxygen atoms in total. The van der Waals surface area contributed by atoms with Gasteiger partial charge in [0.05, 0.1) is 0 Å². The van der Waals surface area contributed by atoms with Gasteiger partial charge in [0.2, 0.25) is 11.9 Å². The van der Waals surface area contributed by atoms with Gasteiger partial charge in [0.25, 0.3) is 0 Å². The van der Waals surface area contributed by atoms with Crippen LogP contribution in [-0.2, 0) is 14.3 Å². The normalized spacial score (nSPS) is 11.1. The fraction of sp³-hybridized carbons (Fsp3) is 0.625. The molecule has 0 aliphatic rings. The van der Waals surface area contributed by atoms with E-state index in [9.17, 15) is 14.4 Å². The second-order valence-corrected chi connectivity index (χ2v) is 7.10. The minimum Gasteiger partial charge on any atom is -0.444 e. The van der Waals surface area contributed by atoms with E-state index in [1.807, 2.05) is 0 Å². The Morgan fingerprint density at radius 1 is 1.08 bits per heavy atom. The highest BCUT2D eigenvalue weighted by molar-refractivity contribution is 5.99. The Morgan fingerprint density at radius 3 is 2.04 bits per heavy atom. The lowest BCUT2D eigenvalue weighted by Gasteiger charge is -2.28. The lowest BCUT2D eigenvalue weighted by atomic mass is 10.2. The first-order valence-corrected chi connectivity index (χ1v) is 7.74. The number of carbonyl (C=O) groups is 3. The van der Waals surface area contributed by atoms with Crippen molar-refractivity contribution in [3.05, 3.63) is 12.7 Å². The molecule has 0 saturated carbocycles. The second-order valence-electron chi connectivity index (χ2n) is 7.10. The van der Waals surface area contributed by atoms with Crippen LogP contribution in [0.5, 0.6) is 0 Å². The van der Waals surface area contributed by atoms with E-state index in [1.54, 1.807) is 41.5 Å². The summed E-state index contributed by atoms with van der Waals surface area (Å²) in [4.78, 5) is 36.1. The molecule has 0 heterocycles. The summed E-state index contributed by atoms with van der Waals surface area (Å²) in [6.07, 6.45) is -0.621. The lowest BCUT2D eigenvalue weighted by Crippen LogP contribution is -2.51. The molecule has 3 N–H and O–H groups in total. The van der Waals surface area contributed by atoms with Crippen LogP contribution >= 0.6 is 0 Å². The van der Waals surface area contributed by atoms with Gasteiger partial charge in [-0.25, -0.2) is 14.5 Å². The summed E-state index contributed by atoms with van der Waals surface area (Å²) in [5.41, 5.74) is -1.54. The van der Waals surface area contributed by atoms with Gasteiger partial charge in [-0.15, -0.1) is 0 Å². The second kappa shape index (κ2) is 9.05. The van der Waals surface area contributed by atoms with Crippen molar-refractivity contribution in [2.75, 3.05) is 13.1 Å². The number of carbonyl (C=O) groups excluding carboxylic acids is 3. The summed E-state index contributed by atoms with van der Waals surface area (Å²) in [6.45, 7) is 13.3. The zero-order valence-electron chi connectivity index (χ0n) is 15.7. The highest BCUT2D eigenvalue weighted by Crippen LogP contribution is 2.10. The molecule has 0 aromatic carbocycles. The molecule has 0 aromatic rings. The molecule has 0 radical (unpaired) electrons. The third-order valence-electron chi connectivity index (χ3n) is 2.32. The molecule has 0 saturated heterocycles. The standard InChI is InChI=1S/C16H28N4O5/c1-8-11(21)18-9-10-20(14(23)25-16(5,6)7)12(17)19-13(22)24-15(2,3)4/h8H,1,9-10H2,2-7H3,(H,18,21)(H2,17,19,22). The lowest BCUT2D eigenvalue weighted by molar-refractivity contribution is -0.116. The molecule has 0 atom stereocenters. The average molecular weight is 356 g/mol. The van der Waals surface area contributed by atoms with Crippen molar-refractivity contribution in [3.63, 3.8) is 0 Å². The number of ether oxygens (including phenoxy) is 2. The highest BCUT2D eigenvalue weighted by Gasteiger charge is 2.27. The van der Waals surface area contributed by atoms with Crippen molar-refractivity contribution in [1.82, 2.24) is 15.5 Å². The summed E-state index contributed by atoms with van der Waals surface area (Å²) in [5.74, 6) is -0.938. The van der Waals surface area contributed by atoms with Crippen LogP contribution in [-0.4, -0.2) is 53.2 Å². The van der Waals surface area contributed by atoms with Crippen LogP contribution in [0.3, 0.4) is 0 Å². The Kier molecular flexibility index (Phi) is 8.11. The molecule has 25 heavy (non-hydrogen) atoms. The van der Waals surface area contributed by atoms with E-state index in [0.717, 1.165) is 11.0 Å². The van der Waals surface area contributed by atoms with Gasteiger partial charge in [-0.3, -0.25) is 15.5 Å². The molecular formula is C16H28N4O5. The van der Waals surface area contributed by atoms with Crippen molar-refractivity contribution in [2.24, 2.45) is 0 Å². The summed E-state index contributed by atoms with van der Waals surface area (Å²) < 4.78 is 10.3. The van der Waals surface area contributed by atoms with Gasteiger partial charge in [0.1, 0.15) is 11.2 Å². The number of alkyl carbamates (subject to hydrolysis) is 1. The molecule has 0 fully saturated rings. The molecule has 142 valence electrons. The number of amides is 3. The molecule has 0 bridgehead atoms. The van der Waals surface area contributed by atoms with Crippen LogP contribution in [0.4, 0.5) is 9.59 Å². The minimum atomic E-state index is -0.874. The van der Waals surface area contributed by atoms with E-state index in [2.05, 4.69) is 17.2 Å². The summed E-state index contributed by atoms with van der Waals surface area (Å²) in [7, 11) is 0. The first-order chi connectivity index (χ1) is 11.2. The van der Waals surface area contributed by atoms with Gasteiger partial charge in [-0.2, -0.15) is 0 Å². The SMILES string of the molecule is C=CC(=O)NCCN(C(=N)NC(=O)OC(C)(C)C)C(=O)OC(C)(C)C. The van der Waals surface area contributed by atoms with E-state index >= 15 is 0 Å². The zero-order valence-corrected chi connectivity index (χ0v) is 15.7. The number of hydrogen-bond donors (Lipinski definition) is 3. The Bertz CT molecular complexity index is 532. The van der Waals surface area contributed by atoms with Crippen LogP contribution in [0.25, 0.3) is 0 Å². The number of rotatable bonds is 4. The first kappa shape index (κ1) is 22.4. The highest BCUT2D eigenvalue weighted by atomic mass is 16.6. The van der Waals surface area contributed by atoms with Crippen molar-refractivity contribution < 1.29 is 23.9 Å². The van der Waals surface area contributed by atoms with Crippen molar-refractivity contribution in [2.45, 2.75) is 52.7 Å². The Labute approximate surface area is 148 Å². The predicted octanol–water partition coefficient (Wildman–Crippen LogP) is 1.99. The fourth-order valence-corrected chi connectivity index (χ4v) is 1.44. The van der Waals surface area contributed by atoms with Crippen LogP contribution in [0.15, 0.2) is 12.7 Å². The van der Waals surface area contributed by atoms with Gasteiger partial charge in [-0.1, -0.05) is 6.58 Å². The molecule has 0 spiro atoms. The predicted molar refractivity (Wildman–Crippen MR) is 93.2 cm³/mol. The molecule has 0 aliphatic carbocycles. The van der Waals surface area contributed by atoms with Crippen molar-refractivity contribution >= 4 is 24.1 Å². The third-order valence-corrected chi connectivity index (χ3v) is 2.32. The van der Waals surface area contributed by atoms with E-state index in [0.29, 0.717) is 0 Å². The van der Waals surface area contributed by atoms with Gasteiger partial charge in [-0.05, 0) is 47.6 Å². The molecule has 9 heteroatoms. The topological polar surface area (TPSA) is 121 Å². The van der Waals surface area contributed by atoms with E-state index in [1.165, 1.54) is 0 Å². The number of guanidine groups is 1. The summed E-state index contributed by atoms with van der Waals surface area (Å²) in [5, 5.41) is 12.6. The molecule has 0 unspecified atom stereocenters. The maximum atomic E-state index is 12.3. The average Bonchev–Trinajstić information content (AvgIpc) is 2.38. The van der Waals surface area contributed by atoms with Gasteiger partial charge in [0, 0.05) is 13.1 Å². The molecule has 0 aromatic heterocycles. The first-order valence-electron chi connectivity index (χ1n) is 7.74. The van der Waals surface area contributed by atoms with Gasteiger partial charge < -0.3 is 14.8 Å². The van der Waals surface area contributed by atoms with Gasteiger partial charge >= 0.3 is 12.2 Å². The zero-order chi connectivity index (χ0) is 19.8. The Balaban J connectivity index is 4.99. The number of nitrogens with one attached hydrogen (secondary N) is 3. The molecule has 0 aliphatic heterocycles. The molecular weight excluding hydrogens is 328 g/mol. The maximum absolute atomic E-state index is 12.3. The Morgan fingerprint density at radius 2 is 1.60 bits per heavy atom. The fourth-order valence-electron chi connectivity index (χ4n) is 1.44. The van der Waals surface area contributed by atoms with Crippen molar-refractivity contribution in [1.29, 1.82) is 5.41 Å². The van der Waals surface area contributed by atoms with Crippen molar-refractivity contribution in [3.8, 4) is 0 Å². The smallest absolute Gasteiger partial charge is 0.417 e. The molecule has 3 amide bonds. The largest absolute Gasteiger partial charge is 0.444 e. The Hall–Kier alpha value is -2.58. The van der Waals surface area contributed by atoms with Crippen LogP contribution in [0.2, 0.25) is 0 Å². The molecule has 0 rings (SSSR count). The third kappa shape index (κ3) is 10.7.